The summed E-state index contributed by atoms with van der Waals surface area (Å²) in [6.07, 6.45) is 2.73. The topological polar surface area (TPSA) is 89.7 Å². The second-order valence-electron chi connectivity index (χ2n) is 4.67. The van der Waals surface area contributed by atoms with Crippen molar-refractivity contribution in [1.82, 2.24) is 9.29 Å². The lowest BCUT2D eigenvalue weighted by Gasteiger charge is -2.11. The molecular weight excluding hydrogens is 340 g/mol. The number of aromatic nitrogens is 1. The summed E-state index contributed by atoms with van der Waals surface area (Å²) in [7, 11) is 0.724. The van der Waals surface area contributed by atoms with Crippen LogP contribution in [0.4, 0.5) is 0 Å². The van der Waals surface area contributed by atoms with E-state index in [0.717, 1.165) is 4.31 Å². The van der Waals surface area contributed by atoms with Gasteiger partial charge in [-0.1, -0.05) is 0 Å². The van der Waals surface area contributed by atoms with Crippen molar-refractivity contribution >= 4 is 27.8 Å². The molecular formula is C14H16N2O5S2. The van der Waals surface area contributed by atoms with Gasteiger partial charge < -0.3 is 9.15 Å². The molecule has 0 spiro atoms. The van der Waals surface area contributed by atoms with Crippen LogP contribution in [0.25, 0.3) is 0 Å². The highest BCUT2D eigenvalue weighted by molar-refractivity contribution is 7.98. The van der Waals surface area contributed by atoms with Crippen LogP contribution in [0, 0.1) is 0 Å². The van der Waals surface area contributed by atoms with Crippen LogP contribution in [0.3, 0.4) is 0 Å². The Morgan fingerprint density at radius 1 is 1.35 bits per heavy atom. The first-order valence-electron chi connectivity index (χ1n) is 6.52. The van der Waals surface area contributed by atoms with Gasteiger partial charge in [0.25, 0.3) is 0 Å². The predicted molar refractivity (Wildman–Crippen MR) is 84.7 cm³/mol. The summed E-state index contributed by atoms with van der Waals surface area (Å²) < 4.78 is 34.8. The number of carbonyl (C=O) groups excluding carboxylic acids is 1. The van der Waals surface area contributed by atoms with E-state index < -0.39 is 16.0 Å². The van der Waals surface area contributed by atoms with Crippen LogP contribution in [-0.4, -0.2) is 44.9 Å². The highest BCUT2D eigenvalue weighted by Gasteiger charge is 2.18. The zero-order chi connectivity index (χ0) is 17.0. The van der Waals surface area contributed by atoms with E-state index in [1.54, 1.807) is 12.1 Å². The molecule has 2 aromatic heterocycles. The number of esters is 1. The van der Waals surface area contributed by atoms with Crippen molar-refractivity contribution in [3.8, 4) is 0 Å². The van der Waals surface area contributed by atoms with Crippen molar-refractivity contribution in [2.24, 2.45) is 0 Å². The lowest BCUT2D eigenvalue weighted by Crippen LogP contribution is -2.22. The fourth-order valence-corrected chi connectivity index (χ4v) is 3.36. The summed E-state index contributed by atoms with van der Waals surface area (Å²) in [4.78, 5) is 15.8. The molecule has 0 fully saturated rings. The van der Waals surface area contributed by atoms with E-state index in [4.69, 9.17) is 4.42 Å². The van der Waals surface area contributed by atoms with Crippen LogP contribution < -0.4 is 0 Å². The van der Waals surface area contributed by atoms with Crippen molar-refractivity contribution in [2.75, 3.05) is 21.2 Å². The highest BCUT2D eigenvalue weighted by atomic mass is 32.2. The van der Waals surface area contributed by atoms with E-state index in [-0.39, 0.29) is 10.7 Å². The Bertz CT molecular complexity index is 782. The van der Waals surface area contributed by atoms with Gasteiger partial charge in [-0.3, -0.25) is 0 Å². The van der Waals surface area contributed by atoms with Gasteiger partial charge in [0, 0.05) is 31.6 Å². The minimum atomic E-state index is -3.49. The lowest BCUT2D eigenvalue weighted by atomic mass is 10.3. The van der Waals surface area contributed by atoms with Gasteiger partial charge in [-0.25, -0.2) is 22.5 Å². The molecule has 9 heteroatoms. The van der Waals surface area contributed by atoms with Crippen molar-refractivity contribution in [3.63, 3.8) is 0 Å². The van der Waals surface area contributed by atoms with Crippen LogP contribution in [0.2, 0.25) is 0 Å². The maximum absolute atomic E-state index is 12.0. The quantitative estimate of drug-likeness (QED) is 0.577. The molecule has 0 aliphatic heterocycles. The highest BCUT2D eigenvalue weighted by Crippen LogP contribution is 2.25. The van der Waals surface area contributed by atoms with Gasteiger partial charge in [0.1, 0.15) is 4.90 Å². The number of furan rings is 1. The molecule has 0 radical (unpaired) electrons. The lowest BCUT2D eigenvalue weighted by molar-refractivity contribution is 0.0564. The van der Waals surface area contributed by atoms with Crippen molar-refractivity contribution < 1.29 is 22.4 Å². The molecule has 0 N–H and O–H groups in total. The Balaban J connectivity index is 2.08. The molecule has 23 heavy (non-hydrogen) atoms. The molecule has 0 bridgehead atoms. The molecule has 0 saturated carbocycles. The maximum atomic E-state index is 12.0. The average Bonchev–Trinajstić information content (AvgIpc) is 3.01. The molecule has 2 rings (SSSR count). The molecule has 124 valence electrons. The van der Waals surface area contributed by atoms with Gasteiger partial charge in [-0.05, 0) is 18.2 Å². The molecule has 0 saturated heterocycles. The third kappa shape index (κ3) is 3.92. The predicted octanol–water partition coefficient (Wildman–Crippen LogP) is 2.00. The van der Waals surface area contributed by atoms with Crippen LogP contribution in [-0.2, 0) is 20.5 Å². The van der Waals surface area contributed by atoms with Gasteiger partial charge in [-0.15, -0.1) is 11.8 Å². The molecule has 2 aromatic rings. The van der Waals surface area contributed by atoms with Crippen LogP contribution in [0.1, 0.15) is 16.1 Å². The molecule has 0 aliphatic carbocycles. The summed E-state index contributed by atoms with van der Waals surface area (Å²) >= 11 is 1.36. The zero-order valence-electron chi connectivity index (χ0n) is 12.8. The van der Waals surface area contributed by atoms with Crippen LogP contribution >= 0.6 is 11.8 Å². The van der Waals surface area contributed by atoms with Crippen molar-refractivity contribution in [1.29, 1.82) is 0 Å². The Morgan fingerprint density at radius 3 is 2.65 bits per heavy atom. The Morgan fingerprint density at radius 2 is 2.09 bits per heavy atom. The van der Waals surface area contributed by atoms with E-state index in [1.807, 2.05) is 0 Å². The molecule has 0 atom stereocenters. The zero-order valence-corrected chi connectivity index (χ0v) is 14.5. The average molecular weight is 356 g/mol. The third-order valence-corrected chi connectivity index (χ3v) is 5.77. The number of pyridine rings is 1. The van der Waals surface area contributed by atoms with E-state index >= 15 is 0 Å². The van der Waals surface area contributed by atoms with Gasteiger partial charge in [-0.2, -0.15) is 0 Å². The Hall–Kier alpha value is -1.84. The molecule has 2 heterocycles. The number of ether oxygens (including phenoxy) is 1. The smallest absolute Gasteiger partial charge is 0.374 e. The Labute approximate surface area is 138 Å². The summed E-state index contributed by atoms with van der Waals surface area (Å²) in [5, 5.41) is 0.639. The maximum Gasteiger partial charge on any atom is 0.374 e. The first-order valence-corrected chi connectivity index (χ1v) is 8.95. The minimum Gasteiger partial charge on any atom is -0.463 e. The number of methoxy groups -OCH3 is 1. The fourth-order valence-electron chi connectivity index (χ4n) is 1.69. The van der Waals surface area contributed by atoms with Crippen LogP contribution in [0.15, 0.2) is 45.0 Å². The van der Waals surface area contributed by atoms with Gasteiger partial charge in [0.05, 0.1) is 18.4 Å². The number of nitrogens with zero attached hydrogens (tertiary/aromatic N) is 2. The Kier molecular flexibility index (Phi) is 5.45. The molecule has 0 amide bonds. The summed E-state index contributed by atoms with van der Waals surface area (Å²) in [6, 6.07) is 4.81. The van der Waals surface area contributed by atoms with Crippen molar-refractivity contribution in [2.45, 2.75) is 15.7 Å². The second-order valence-corrected chi connectivity index (χ2v) is 7.82. The summed E-state index contributed by atoms with van der Waals surface area (Å²) in [6.45, 7) is 0. The standard InChI is InChI=1S/C14H16N2O5S2/c1-16(2)23(18,19)11-4-5-12(15-8-11)22-9-10-6-7-21-13(10)14(17)20-3/h4-8H,9H2,1-3H3. The number of thioether (sulfide) groups is 1. The van der Waals surface area contributed by atoms with Gasteiger partial charge >= 0.3 is 5.97 Å². The fraction of sp³-hybridized carbons (Fsp3) is 0.286. The molecule has 0 aromatic carbocycles. The monoisotopic (exact) mass is 356 g/mol. The van der Waals surface area contributed by atoms with Gasteiger partial charge in [0.15, 0.2) is 0 Å². The largest absolute Gasteiger partial charge is 0.463 e. The third-order valence-electron chi connectivity index (χ3n) is 2.98. The van der Waals surface area contributed by atoms with E-state index in [1.165, 1.54) is 51.5 Å². The van der Waals surface area contributed by atoms with Crippen molar-refractivity contribution in [3.05, 3.63) is 42.0 Å². The molecule has 0 unspecified atom stereocenters. The van der Waals surface area contributed by atoms with Crippen LogP contribution in [0.5, 0.6) is 0 Å². The molecule has 7 nitrogen and oxygen atoms in total. The first-order chi connectivity index (χ1) is 10.9. The van der Waals surface area contributed by atoms with E-state index in [9.17, 15) is 13.2 Å². The summed E-state index contributed by atoms with van der Waals surface area (Å²) in [5.74, 6) is 0.0750. The second kappa shape index (κ2) is 7.16. The van der Waals surface area contributed by atoms with E-state index in [0.29, 0.717) is 16.3 Å². The van der Waals surface area contributed by atoms with Gasteiger partial charge in [0.2, 0.25) is 15.8 Å². The normalized spacial score (nSPS) is 11.7. The number of rotatable bonds is 6. The number of carbonyl (C=O) groups is 1. The number of sulfonamides is 1. The number of hydrogen-bond donors (Lipinski definition) is 0. The molecule has 0 aliphatic rings. The minimum absolute atomic E-state index is 0.130. The van der Waals surface area contributed by atoms with E-state index in [2.05, 4.69) is 9.72 Å². The summed E-state index contributed by atoms with van der Waals surface area (Å²) in [5.41, 5.74) is 0.689. The first kappa shape index (κ1) is 17.5. The number of hydrogen-bond acceptors (Lipinski definition) is 7. The SMILES string of the molecule is COC(=O)c1occc1CSc1ccc(S(=O)(=O)N(C)C)cn1.